The van der Waals surface area contributed by atoms with Crippen LogP contribution < -0.4 is 5.32 Å². The van der Waals surface area contributed by atoms with Gasteiger partial charge in [-0.1, -0.05) is 66.7 Å². The average Bonchev–Trinajstić information content (AvgIpc) is 3.89. The van der Waals surface area contributed by atoms with Crippen molar-refractivity contribution in [1.29, 1.82) is 0 Å². The highest BCUT2D eigenvalue weighted by Crippen LogP contribution is 2.59. The minimum atomic E-state index is -5.79. The Bertz CT molecular complexity index is 2080. The van der Waals surface area contributed by atoms with E-state index in [1.807, 2.05) is 36.4 Å². The Kier molecular flexibility index (Phi) is 12.9. The summed E-state index contributed by atoms with van der Waals surface area (Å²) in [6.07, 6.45) is 5.01. The Morgan fingerprint density at radius 1 is 0.930 bits per heavy atom. The number of piperidine rings is 1. The number of benzene rings is 3. The van der Waals surface area contributed by atoms with Gasteiger partial charge in [0.1, 0.15) is 18.2 Å². The predicted octanol–water partition coefficient (Wildman–Crippen LogP) is 6.55. The number of nitrogens with one attached hydrogen (secondary N) is 1. The van der Waals surface area contributed by atoms with Crippen molar-refractivity contribution in [2.75, 3.05) is 45.9 Å². The van der Waals surface area contributed by atoms with Crippen molar-refractivity contribution in [3.63, 3.8) is 0 Å². The van der Waals surface area contributed by atoms with E-state index in [2.05, 4.69) is 34.5 Å². The smallest absolute Gasteiger partial charge is 0.370 e. The highest BCUT2D eigenvalue weighted by atomic mass is 32.1. The number of ether oxygens (including phenoxy) is 1. The van der Waals surface area contributed by atoms with Crippen LogP contribution in [0, 0.1) is 5.92 Å². The van der Waals surface area contributed by atoms with E-state index in [0.717, 1.165) is 74.4 Å². The zero-order valence-electron chi connectivity index (χ0n) is 31.7. The van der Waals surface area contributed by atoms with E-state index in [0.29, 0.717) is 50.2 Å². The van der Waals surface area contributed by atoms with Gasteiger partial charge in [-0.15, -0.1) is 11.3 Å². The lowest BCUT2D eigenvalue weighted by molar-refractivity contribution is -0.149. The third kappa shape index (κ3) is 9.64. The van der Waals surface area contributed by atoms with Crippen LogP contribution in [0.1, 0.15) is 71.0 Å². The normalized spacial score (nSPS) is 20.5. The number of amides is 3. The summed E-state index contributed by atoms with van der Waals surface area (Å²) >= 11 is 1.04. The number of carbonyl (C=O) groups is 3. The number of hydrogen-bond acceptors (Lipinski definition) is 7. The maximum atomic E-state index is 14.6. The largest absolute Gasteiger partial charge is 0.399 e. The van der Waals surface area contributed by atoms with Crippen molar-refractivity contribution in [3.05, 3.63) is 106 Å². The molecule has 4 aromatic rings. The molecule has 0 radical (unpaired) electrons. The summed E-state index contributed by atoms with van der Waals surface area (Å²) in [5.41, 5.74) is -2.96. The molecular weight excluding hydrogens is 774 g/mol. The van der Waals surface area contributed by atoms with E-state index < -0.39 is 36.8 Å². The molecule has 4 heterocycles. The second kappa shape index (κ2) is 17.8. The summed E-state index contributed by atoms with van der Waals surface area (Å²) < 4.78 is 47.1. The van der Waals surface area contributed by atoms with Gasteiger partial charge in [0, 0.05) is 23.4 Å². The number of morpholine rings is 1. The maximum absolute atomic E-state index is 14.6. The molecule has 0 saturated carbocycles. The molecule has 11 nitrogen and oxygen atoms in total. The number of alkyl halides is 2. The number of likely N-dealkylation sites (tertiary alicyclic amines) is 2. The molecule has 3 atom stereocenters. The number of thiophene rings is 1. The first-order valence-corrected chi connectivity index (χ1v) is 22.1. The molecule has 0 spiro atoms. The first-order chi connectivity index (χ1) is 27.4. The number of nitrogens with zero attached hydrogens (tertiary/aromatic N) is 3. The first-order valence-electron chi connectivity index (χ1n) is 19.7. The molecule has 1 aromatic heterocycles. The van der Waals surface area contributed by atoms with Crippen LogP contribution >= 0.6 is 18.9 Å². The van der Waals surface area contributed by atoms with E-state index in [-0.39, 0.29) is 34.1 Å². The second-order valence-corrected chi connectivity index (χ2v) is 18.1. The average molecular weight is 823 g/mol. The van der Waals surface area contributed by atoms with Crippen LogP contribution in [0.5, 0.6) is 0 Å². The van der Waals surface area contributed by atoms with E-state index in [4.69, 9.17) is 4.74 Å². The number of carbonyl (C=O) groups excluding carboxylic acids is 3. The summed E-state index contributed by atoms with van der Waals surface area (Å²) in [6, 6.07) is 23.2. The topological polar surface area (TPSA) is 140 Å². The minimum Gasteiger partial charge on any atom is -0.370 e. The zero-order valence-corrected chi connectivity index (χ0v) is 33.4. The molecule has 0 bridgehead atoms. The van der Waals surface area contributed by atoms with Gasteiger partial charge in [0.05, 0.1) is 18.0 Å². The fourth-order valence-corrected chi connectivity index (χ4v) is 9.73. The van der Waals surface area contributed by atoms with Gasteiger partial charge in [-0.05, 0) is 105 Å². The van der Waals surface area contributed by atoms with Gasteiger partial charge in [-0.3, -0.25) is 18.9 Å². The predicted molar refractivity (Wildman–Crippen MR) is 214 cm³/mol. The number of hydrogen-bond donors (Lipinski definition) is 3. The van der Waals surface area contributed by atoms with E-state index in [1.54, 1.807) is 9.80 Å². The molecule has 3 saturated heterocycles. The molecule has 3 fully saturated rings. The minimum absolute atomic E-state index is 0.133. The Balaban J connectivity index is 1.06. The summed E-state index contributed by atoms with van der Waals surface area (Å²) in [7, 11) is -5.79. The summed E-state index contributed by atoms with van der Waals surface area (Å²) in [4.78, 5) is 67.1. The lowest BCUT2D eigenvalue weighted by Gasteiger charge is -2.38. The van der Waals surface area contributed by atoms with Gasteiger partial charge in [-0.2, -0.15) is 8.78 Å². The van der Waals surface area contributed by atoms with Crippen LogP contribution in [0.3, 0.4) is 0 Å². The van der Waals surface area contributed by atoms with Crippen LogP contribution in [0.4, 0.5) is 8.78 Å². The Morgan fingerprint density at radius 3 is 2.37 bits per heavy atom. The van der Waals surface area contributed by atoms with Gasteiger partial charge in [0.25, 0.3) is 5.91 Å². The van der Waals surface area contributed by atoms with Crippen LogP contribution in [0.2, 0.25) is 0 Å². The summed E-state index contributed by atoms with van der Waals surface area (Å²) in [5, 5.41) is 3.19. The molecule has 3 aliphatic rings. The first kappa shape index (κ1) is 41.1. The lowest BCUT2D eigenvalue weighted by atomic mass is 9.89. The van der Waals surface area contributed by atoms with Crippen LogP contribution in [0.25, 0.3) is 10.1 Å². The molecule has 304 valence electrons. The molecule has 7 rings (SSSR count). The highest BCUT2D eigenvalue weighted by molar-refractivity contribution is 7.52. The molecule has 3 aliphatic heterocycles. The molecular formula is C42H49F2N4O7PS. The molecule has 57 heavy (non-hydrogen) atoms. The van der Waals surface area contributed by atoms with Crippen LogP contribution in [-0.4, -0.2) is 100 Å². The fourth-order valence-electron chi connectivity index (χ4n) is 8.31. The molecule has 3 aromatic carbocycles. The van der Waals surface area contributed by atoms with Crippen LogP contribution in [0.15, 0.2) is 84.9 Å². The SMILES string of the molecule is O=C(N[C@@H](CC1CCN(CCCc2ccccc2)CC1)C(=O)N1CCC[C@H]1C(=O)N1CCO[C@H](c2ccccc2)C1)c1cc2cc(C(F)(F)P(=O)(O)O)ccc2s1. The van der Waals surface area contributed by atoms with Crippen molar-refractivity contribution in [2.45, 2.75) is 68.8 Å². The number of rotatable bonds is 13. The number of fused-ring (bicyclic) bond motifs is 1. The summed E-state index contributed by atoms with van der Waals surface area (Å²) in [6.45, 7) is 4.26. The second-order valence-electron chi connectivity index (χ2n) is 15.3. The summed E-state index contributed by atoms with van der Waals surface area (Å²) in [5.74, 6) is -0.863. The van der Waals surface area contributed by atoms with Gasteiger partial charge in [0.2, 0.25) is 11.8 Å². The van der Waals surface area contributed by atoms with E-state index in [9.17, 15) is 37.5 Å². The quantitative estimate of drug-likeness (QED) is 0.129. The lowest BCUT2D eigenvalue weighted by Crippen LogP contribution is -2.56. The maximum Gasteiger partial charge on any atom is 0.399 e. The molecule has 0 unspecified atom stereocenters. The Morgan fingerprint density at radius 2 is 1.65 bits per heavy atom. The van der Waals surface area contributed by atoms with E-state index in [1.165, 1.54) is 17.7 Å². The molecule has 0 aliphatic carbocycles. The third-order valence-corrected chi connectivity index (χ3v) is 13.6. The van der Waals surface area contributed by atoms with Crippen molar-refractivity contribution >= 4 is 46.7 Å². The van der Waals surface area contributed by atoms with Crippen LogP contribution in [-0.2, 0) is 31.0 Å². The van der Waals surface area contributed by atoms with Gasteiger partial charge < -0.3 is 34.5 Å². The van der Waals surface area contributed by atoms with Gasteiger partial charge in [-0.25, -0.2) is 0 Å². The molecule has 15 heteroatoms. The van der Waals surface area contributed by atoms with Gasteiger partial charge in [0.15, 0.2) is 0 Å². The monoisotopic (exact) mass is 822 g/mol. The van der Waals surface area contributed by atoms with Crippen molar-refractivity contribution in [2.24, 2.45) is 5.92 Å². The fraction of sp³-hybridized carbons (Fsp3) is 0.452. The Hall–Kier alpha value is -4.04. The van der Waals surface area contributed by atoms with Gasteiger partial charge >= 0.3 is 13.3 Å². The van der Waals surface area contributed by atoms with Crippen molar-refractivity contribution < 1.29 is 42.3 Å². The molecule has 3 N–H and O–H groups in total. The molecule has 3 amide bonds. The van der Waals surface area contributed by atoms with Crippen molar-refractivity contribution in [3.8, 4) is 0 Å². The Labute approximate surface area is 335 Å². The number of halogens is 2. The zero-order chi connectivity index (χ0) is 40.2. The van der Waals surface area contributed by atoms with Crippen molar-refractivity contribution in [1.82, 2.24) is 20.0 Å². The number of aryl methyl sites for hydroxylation is 1. The van der Waals surface area contributed by atoms with E-state index >= 15 is 0 Å². The standard InChI is InChI=1S/C42H49F2N4O7PS/c43-42(44,56(52,53)54)33-15-16-37-32(26-33)27-38(57-37)39(49)45-34(25-30-17-21-46(22-18-30)19-7-11-29-9-3-1-4-10-29)40(50)48-20-8-14-35(48)41(51)47-23-24-55-36(28-47)31-12-5-2-6-13-31/h1-6,9-10,12-13,15-16,26-27,30,34-36H,7-8,11,14,17-25,28H2,(H,45,49)(H2,52,53,54)/t34-,35-,36-/m0/s1. The third-order valence-electron chi connectivity index (χ3n) is 11.5. The highest BCUT2D eigenvalue weighted by Gasteiger charge is 2.50.